The monoisotopic (exact) mass is 552 g/mol. The van der Waals surface area contributed by atoms with E-state index in [0.717, 1.165) is 15.4 Å². The highest BCUT2D eigenvalue weighted by molar-refractivity contribution is 7.89. The van der Waals surface area contributed by atoms with E-state index in [9.17, 15) is 31.5 Å². The summed E-state index contributed by atoms with van der Waals surface area (Å²) in [6.45, 7) is 2.66. The zero-order valence-corrected chi connectivity index (χ0v) is 21.8. The van der Waals surface area contributed by atoms with Gasteiger partial charge >= 0.3 is 0 Å². The summed E-state index contributed by atoms with van der Waals surface area (Å²) in [5.41, 5.74) is 1.50. The SMILES string of the molecule is CC(C)=CC(=O)N[C@@H](Cc1ccccc1)[C@H](O)CN(Cc1cccs1)S(=O)(=O)c1cc(F)c(F)cc1F. The number of thiophene rings is 1. The van der Waals surface area contributed by atoms with Crippen molar-refractivity contribution in [1.82, 2.24) is 9.62 Å². The summed E-state index contributed by atoms with van der Waals surface area (Å²) in [6.07, 6.45) is 0.0935. The lowest BCUT2D eigenvalue weighted by molar-refractivity contribution is -0.118. The Morgan fingerprint density at radius 2 is 1.73 bits per heavy atom. The molecule has 0 saturated carbocycles. The molecule has 0 spiro atoms. The van der Waals surface area contributed by atoms with Gasteiger partial charge in [0.05, 0.1) is 12.1 Å². The number of carbonyl (C=O) groups excluding carboxylic acids is 1. The Morgan fingerprint density at radius 3 is 2.35 bits per heavy atom. The fourth-order valence-electron chi connectivity index (χ4n) is 3.64. The molecule has 0 aliphatic rings. The highest BCUT2D eigenvalue weighted by Crippen LogP contribution is 2.25. The number of amides is 1. The fourth-order valence-corrected chi connectivity index (χ4v) is 5.93. The number of hydrogen-bond acceptors (Lipinski definition) is 5. The van der Waals surface area contributed by atoms with Crippen LogP contribution in [0, 0.1) is 17.5 Å². The average molecular weight is 553 g/mol. The number of carbonyl (C=O) groups is 1. The number of halogens is 3. The van der Waals surface area contributed by atoms with Crippen LogP contribution in [0.1, 0.15) is 24.3 Å². The molecule has 0 fully saturated rings. The Kier molecular flexibility index (Phi) is 9.66. The summed E-state index contributed by atoms with van der Waals surface area (Å²) in [5.74, 6) is -4.97. The van der Waals surface area contributed by atoms with Gasteiger partial charge < -0.3 is 10.4 Å². The highest BCUT2D eigenvalue weighted by atomic mass is 32.2. The minimum absolute atomic E-state index is 0.166. The van der Waals surface area contributed by atoms with Crippen LogP contribution in [-0.2, 0) is 27.8 Å². The Morgan fingerprint density at radius 1 is 1.05 bits per heavy atom. The number of aliphatic hydroxyl groups excluding tert-OH is 1. The van der Waals surface area contributed by atoms with Gasteiger partial charge in [-0.2, -0.15) is 4.31 Å². The Bertz CT molecular complexity index is 1340. The third-order valence-electron chi connectivity index (χ3n) is 5.41. The summed E-state index contributed by atoms with van der Waals surface area (Å²) >= 11 is 1.23. The average Bonchev–Trinajstić information content (AvgIpc) is 3.34. The van der Waals surface area contributed by atoms with E-state index in [4.69, 9.17) is 0 Å². The molecule has 1 aromatic heterocycles. The van der Waals surface area contributed by atoms with Crippen molar-refractivity contribution >= 4 is 27.3 Å². The second-order valence-electron chi connectivity index (χ2n) is 8.67. The van der Waals surface area contributed by atoms with Gasteiger partial charge in [0.15, 0.2) is 11.6 Å². The van der Waals surface area contributed by atoms with E-state index in [1.165, 1.54) is 17.4 Å². The molecule has 0 unspecified atom stereocenters. The standard InChI is InChI=1S/C26H27F3N2O4S2/c1-17(2)11-26(33)30-23(12-18-7-4-3-5-8-18)24(32)16-31(15-19-9-6-10-36-19)37(34,35)25-14-21(28)20(27)13-22(25)29/h3-11,13-14,23-24,32H,12,15-16H2,1-2H3,(H,30,33)/t23-,24+/m0/s1. The Labute approximate surface area is 218 Å². The van der Waals surface area contributed by atoms with Crippen molar-refractivity contribution in [1.29, 1.82) is 0 Å². The molecular weight excluding hydrogens is 525 g/mol. The minimum atomic E-state index is -4.72. The summed E-state index contributed by atoms with van der Waals surface area (Å²) < 4.78 is 69.5. The van der Waals surface area contributed by atoms with Crippen molar-refractivity contribution < 1.29 is 31.5 Å². The molecule has 0 bridgehead atoms. The van der Waals surface area contributed by atoms with Gasteiger partial charge in [-0.1, -0.05) is 42.0 Å². The van der Waals surface area contributed by atoms with Crippen molar-refractivity contribution in [3.8, 4) is 0 Å². The Balaban J connectivity index is 1.96. The summed E-state index contributed by atoms with van der Waals surface area (Å²) in [4.78, 5) is 12.0. The van der Waals surface area contributed by atoms with Gasteiger partial charge in [0.1, 0.15) is 10.7 Å². The lowest BCUT2D eigenvalue weighted by Gasteiger charge is -2.29. The van der Waals surface area contributed by atoms with Crippen molar-refractivity contribution in [2.45, 2.75) is 43.9 Å². The quantitative estimate of drug-likeness (QED) is 0.273. The van der Waals surface area contributed by atoms with Gasteiger partial charge in [-0.15, -0.1) is 11.3 Å². The summed E-state index contributed by atoms with van der Waals surface area (Å²) in [7, 11) is -4.72. The molecule has 11 heteroatoms. The van der Waals surface area contributed by atoms with Crippen LogP contribution in [0.2, 0.25) is 0 Å². The zero-order valence-electron chi connectivity index (χ0n) is 20.2. The first-order valence-corrected chi connectivity index (χ1v) is 13.6. The molecule has 0 aliphatic heterocycles. The van der Waals surface area contributed by atoms with E-state index in [1.807, 2.05) is 6.07 Å². The van der Waals surface area contributed by atoms with Crippen molar-refractivity contribution in [3.05, 3.63) is 99.5 Å². The van der Waals surface area contributed by atoms with Crippen LogP contribution in [0.5, 0.6) is 0 Å². The van der Waals surface area contributed by atoms with Crippen LogP contribution in [0.3, 0.4) is 0 Å². The topological polar surface area (TPSA) is 86.7 Å². The Hall–Kier alpha value is -2.99. The fraction of sp³-hybridized carbons (Fsp3) is 0.269. The molecular formula is C26H27F3N2O4S2. The predicted molar refractivity (Wildman–Crippen MR) is 136 cm³/mol. The molecule has 0 saturated heterocycles. The van der Waals surface area contributed by atoms with Crippen LogP contribution < -0.4 is 5.32 Å². The van der Waals surface area contributed by atoms with Crippen LogP contribution in [0.15, 0.2) is 76.5 Å². The van der Waals surface area contributed by atoms with Crippen LogP contribution in [0.4, 0.5) is 13.2 Å². The summed E-state index contributed by atoms with van der Waals surface area (Å²) in [5, 5.41) is 15.6. The van der Waals surface area contributed by atoms with Crippen molar-refractivity contribution in [2.24, 2.45) is 0 Å². The maximum atomic E-state index is 14.5. The number of nitrogens with zero attached hydrogens (tertiary/aromatic N) is 1. The van der Waals surface area contributed by atoms with E-state index in [1.54, 1.807) is 55.6 Å². The summed E-state index contributed by atoms with van der Waals surface area (Å²) in [6, 6.07) is 11.9. The van der Waals surface area contributed by atoms with E-state index < -0.39 is 57.0 Å². The molecule has 6 nitrogen and oxygen atoms in total. The molecule has 1 heterocycles. The largest absolute Gasteiger partial charge is 0.390 e. The van der Waals surface area contributed by atoms with Crippen LogP contribution in [0.25, 0.3) is 0 Å². The van der Waals surface area contributed by atoms with E-state index in [-0.39, 0.29) is 25.1 Å². The van der Waals surface area contributed by atoms with Crippen molar-refractivity contribution in [3.63, 3.8) is 0 Å². The first-order chi connectivity index (χ1) is 17.5. The number of rotatable bonds is 11. The molecule has 3 aromatic rings. The molecule has 198 valence electrons. The smallest absolute Gasteiger partial charge is 0.246 e. The van der Waals surface area contributed by atoms with E-state index >= 15 is 0 Å². The predicted octanol–water partition coefficient (Wildman–Crippen LogP) is 4.41. The lowest BCUT2D eigenvalue weighted by Crippen LogP contribution is -2.50. The van der Waals surface area contributed by atoms with Gasteiger partial charge in [-0.05, 0) is 43.3 Å². The van der Waals surface area contributed by atoms with E-state index in [0.29, 0.717) is 4.88 Å². The normalized spacial score (nSPS) is 13.3. The maximum absolute atomic E-state index is 14.5. The lowest BCUT2D eigenvalue weighted by atomic mass is 10.0. The van der Waals surface area contributed by atoms with Gasteiger partial charge in [-0.3, -0.25) is 4.79 Å². The molecule has 0 aliphatic carbocycles. The number of hydrogen-bond donors (Lipinski definition) is 2. The van der Waals surface area contributed by atoms with Crippen LogP contribution >= 0.6 is 11.3 Å². The first-order valence-electron chi connectivity index (χ1n) is 11.3. The molecule has 37 heavy (non-hydrogen) atoms. The molecule has 2 atom stereocenters. The maximum Gasteiger partial charge on any atom is 0.246 e. The number of nitrogens with one attached hydrogen (secondary N) is 1. The van der Waals surface area contributed by atoms with Gasteiger partial charge in [0.25, 0.3) is 0 Å². The second kappa shape index (κ2) is 12.5. The molecule has 2 aromatic carbocycles. The molecule has 1 amide bonds. The first kappa shape index (κ1) is 28.6. The van der Waals surface area contributed by atoms with Gasteiger partial charge in [-0.25, -0.2) is 21.6 Å². The molecule has 3 rings (SSSR count). The third-order valence-corrected chi connectivity index (χ3v) is 8.09. The second-order valence-corrected chi connectivity index (χ2v) is 11.6. The number of allylic oxidation sites excluding steroid dienone is 1. The van der Waals surface area contributed by atoms with Gasteiger partial charge in [0, 0.05) is 30.1 Å². The van der Waals surface area contributed by atoms with Crippen molar-refractivity contribution in [2.75, 3.05) is 6.54 Å². The molecule has 2 N–H and O–H groups in total. The zero-order chi connectivity index (χ0) is 27.2. The third kappa shape index (κ3) is 7.75. The highest BCUT2D eigenvalue weighted by Gasteiger charge is 2.33. The van der Waals surface area contributed by atoms with Crippen LogP contribution in [-0.4, -0.2) is 42.4 Å². The minimum Gasteiger partial charge on any atom is -0.390 e. The number of aliphatic hydroxyl groups is 1. The number of sulfonamides is 1. The van der Waals surface area contributed by atoms with E-state index in [2.05, 4.69) is 5.32 Å². The molecule has 0 radical (unpaired) electrons. The van der Waals surface area contributed by atoms with Gasteiger partial charge in [0.2, 0.25) is 15.9 Å². The number of benzene rings is 2.